The second-order valence-corrected chi connectivity index (χ2v) is 6.22. The summed E-state index contributed by atoms with van der Waals surface area (Å²) in [4.78, 5) is 4.46. The summed E-state index contributed by atoms with van der Waals surface area (Å²) in [6, 6.07) is 7.73. The third-order valence-electron chi connectivity index (χ3n) is 3.94. The molecule has 1 aliphatic rings. The molecule has 2 nitrogen and oxygen atoms in total. The molecule has 0 saturated heterocycles. The minimum Gasteiger partial charge on any atom is -0.301 e. The van der Waals surface area contributed by atoms with Crippen LogP contribution in [0.5, 0.6) is 0 Å². The smallest absolute Gasteiger partial charge is 0.109 e. The van der Waals surface area contributed by atoms with Crippen LogP contribution in [0.2, 0.25) is 0 Å². The number of fused-ring (bicyclic) bond motifs is 1. The largest absolute Gasteiger partial charge is 0.301 e. The molecule has 2 unspecified atom stereocenters. The zero-order valence-electron chi connectivity index (χ0n) is 11.5. The molecule has 100 valence electrons. The van der Waals surface area contributed by atoms with Gasteiger partial charge in [0.05, 0.1) is 6.04 Å². The number of hydrogen-bond acceptors (Lipinski definition) is 3. The van der Waals surface area contributed by atoms with Crippen molar-refractivity contribution in [3.05, 3.63) is 51.5 Å². The molecule has 1 heterocycles. The maximum Gasteiger partial charge on any atom is 0.109 e. The van der Waals surface area contributed by atoms with E-state index in [4.69, 9.17) is 0 Å². The van der Waals surface area contributed by atoms with Crippen molar-refractivity contribution < 1.29 is 0 Å². The highest BCUT2D eigenvalue weighted by atomic mass is 32.1. The summed E-state index contributed by atoms with van der Waals surface area (Å²) in [5.74, 6) is 0. The van der Waals surface area contributed by atoms with E-state index in [1.165, 1.54) is 34.5 Å². The molecule has 3 heteroatoms. The highest BCUT2D eigenvalue weighted by Crippen LogP contribution is 2.34. The molecule has 3 rings (SSSR count). The third-order valence-corrected chi connectivity index (χ3v) is 4.83. The van der Waals surface area contributed by atoms with Gasteiger partial charge in [0.15, 0.2) is 0 Å². The van der Waals surface area contributed by atoms with Crippen LogP contribution in [-0.2, 0) is 6.42 Å². The molecule has 0 spiro atoms. The van der Waals surface area contributed by atoms with Crippen LogP contribution in [0, 0.1) is 6.92 Å². The molecule has 1 aromatic heterocycles. The van der Waals surface area contributed by atoms with Crippen molar-refractivity contribution in [1.29, 1.82) is 0 Å². The molecule has 1 aliphatic carbocycles. The second-order valence-electron chi connectivity index (χ2n) is 5.29. The van der Waals surface area contributed by atoms with Crippen molar-refractivity contribution in [2.75, 3.05) is 0 Å². The van der Waals surface area contributed by atoms with Gasteiger partial charge in [-0.1, -0.05) is 30.7 Å². The van der Waals surface area contributed by atoms with Crippen LogP contribution >= 0.6 is 11.3 Å². The molecule has 0 saturated carbocycles. The van der Waals surface area contributed by atoms with Crippen molar-refractivity contribution in [3.8, 4) is 0 Å². The van der Waals surface area contributed by atoms with Gasteiger partial charge in [-0.05, 0) is 37.3 Å². The molecule has 0 aliphatic heterocycles. The van der Waals surface area contributed by atoms with Gasteiger partial charge in [0.25, 0.3) is 0 Å². The van der Waals surface area contributed by atoms with Crippen molar-refractivity contribution in [3.63, 3.8) is 0 Å². The van der Waals surface area contributed by atoms with Gasteiger partial charge in [-0.25, -0.2) is 4.98 Å². The molecule has 0 amide bonds. The van der Waals surface area contributed by atoms with Gasteiger partial charge in [0, 0.05) is 17.6 Å². The molecule has 1 N–H and O–H groups in total. The fourth-order valence-corrected chi connectivity index (χ4v) is 3.69. The summed E-state index contributed by atoms with van der Waals surface area (Å²) in [7, 11) is 0. The Kier molecular flexibility index (Phi) is 3.67. The first-order valence-electron chi connectivity index (χ1n) is 7.02. The lowest BCUT2D eigenvalue weighted by molar-refractivity contribution is 0.432. The van der Waals surface area contributed by atoms with Gasteiger partial charge < -0.3 is 5.32 Å². The fraction of sp³-hybridized carbons (Fsp3) is 0.438. The van der Waals surface area contributed by atoms with Crippen molar-refractivity contribution in [2.24, 2.45) is 0 Å². The van der Waals surface area contributed by atoms with E-state index in [-0.39, 0.29) is 0 Å². The lowest BCUT2D eigenvalue weighted by Crippen LogP contribution is -2.24. The van der Waals surface area contributed by atoms with Gasteiger partial charge in [-0.15, -0.1) is 11.3 Å². The maximum absolute atomic E-state index is 4.46. The lowest BCUT2D eigenvalue weighted by atomic mass is 10.0. The van der Waals surface area contributed by atoms with Crippen LogP contribution in [0.15, 0.2) is 29.8 Å². The Morgan fingerprint density at radius 1 is 1.47 bits per heavy atom. The average molecular weight is 272 g/mol. The number of thiazole rings is 1. The van der Waals surface area contributed by atoms with Crippen LogP contribution in [0.25, 0.3) is 0 Å². The Bertz CT molecular complexity index is 548. The highest BCUT2D eigenvalue weighted by molar-refractivity contribution is 7.09. The Labute approximate surface area is 118 Å². The van der Waals surface area contributed by atoms with E-state index in [0.29, 0.717) is 12.1 Å². The van der Waals surface area contributed by atoms with E-state index in [9.17, 15) is 0 Å². The number of benzene rings is 1. The molecule has 0 fully saturated rings. The fourth-order valence-electron chi connectivity index (χ4n) is 2.91. The van der Waals surface area contributed by atoms with Gasteiger partial charge in [-0.2, -0.15) is 0 Å². The summed E-state index contributed by atoms with van der Waals surface area (Å²) in [6.07, 6.45) is 5.39. The minimum absolute atomic E-state index is 0.386. The quantitative estimate of drug-likeness (QED) is 0.903. The lowest BCUT2D eigenvalue weighted by Gasteiger charge is -2.21. The maximum atomic E-state index is 4.46. The number of aryl methyl sites for hydroxylation is 2. The molecule has 2 aromatic rings. The third kappa shape index (κ3) is 2.58. The number of hydrogen-bond donors (Lipinski definition) is 1. The van der Waals surface area contributed by atoms with E-state index in [0.717, 1.165) is 6.42 Å². The summed E-state index contributed by atoms with van der Waals surface area (Å²) in [6.45, 7) is 4.40. The zero-order valence-corrected chi connectivity index (χ0v) is 12.3. The number of aromatic nitrogens is 1. The van der Waals surface area contributed by atoms with Crippen LogP contribution in [0.1, 0.15) is 53.5 Å². The van der Waals surface area contributed by atoms with Crippen LogP contribution < -0.4 is 5.32 Å². The molecule has 1 aromatic carbocycles. The van der Waals surface area contributed by atoms with E-state index < -0.39 is 0 Å². The predicted octanol–water partition coefficient (Wildman–Crippen LogP) is 4.18. The SMILES string of the molecule is CCC(NC1CCc2ccc(C)cc21)c1nccs1. The summed E-state index contributed by atoms with van der Waals surface area (Å²) in [5, 5.41) is 7.07. The van der Waals surface area contributed by atoms with E-state index in [2.05, 4.69) is 47.7 Å². The van der Waals surface area contributed by atoms with Crippen molar-refractivity contribution in [1.82, 2.24) is 10.3 Å². The summed E-state index contributed by atoms with van der Waals surface area (Å²) < 4.78 is 0. The highest BCUT2D eigenvalue weighted by Gasteiger charge is 2.25. The van der Waals surface area contributed by atoms with Crippen molar-refractivity contribution >= 4 is 11.3 Å². The standard InChI is InChI=1S/C16H20N2S/c1-3-14(16-17-8-9-19-16)18-15-7-6-12-5-4-11(2)10-13(12)15/h4-5,8-10,14-15,18H,3,6-7H2,1-2H3. The van der Waals surface area contributed by atoms with Crippen LogP contribution in [-0.4, -0.2) is 4.98 Å². The number of rotatable bonds is 4. The molecule has 2 atom stereocenters. The number of nitrogens with one attached hydrogen (secondary N) is 1. The van der Waals surface area contributed by atoms with E-state index in [1.54, 1.807) is 11.3 Å². The Morgan fingerprint density at radius 3 is 3.11 bits per heavy atom. The first kappa shape index (κ1) is 12.8. The molecular formula is C16H20N2S. The van der Waals surface area contributed by atoms with Crippen LogP contribution in [0.3, 0.4) is 0 Å². The topological polar surface area (TPSA) is 24.9 Å². The molecule has 0 radical (unpaired) electrons. The average Bonchev–Trinajstić information content (AvgIpc) is 3.05. The molecular weight excluding hydrogens is 252 g/mol. The first-order valence-corrected chi connectivity index (χ1v) is 7.90. The summed E-state index contributed by atoms with van der Waals surface area (Å²) >= 11 is 1.75. The van der Waals surface area contributed by atoms with Gasteiger partial charge in [-0.3, -0.25) is 0 Å². The monoisotopic (exact) mass is 272 g/mol. The normalized spacial score (nSPS) is 19.4. The predicted molar refractivity (Wildman–Crippen MR) is 80.5 cm³/mol. The summed E-state index contributed by atoms with van der Waals surface area (Å²) in [5.41, 5.74) is 4.36. The van der Waals surface area contributed by atoms with E-state index >= 15 is 0 Å². The van der Waals surface area contributed by atoms with Gasteiger partial charge in [0.2, 0.25) is 0 Å². The zero-order chi connectivity index (χ0) is 13.2. The second kappa shape index (κ2) is 5.43. The van der Waals surface area contributed by atoms with Gasteiger partial charge in [0.1, 0.15) is 5.01 Å². The molecule has 0 bridgehead atoms. The number of nitrogens with zero attached hydrogens (tertiary/aromatic N) is 1. The van der Waals surface area contributed by atoms with Crippen molar-refractivity contribution in [2.45, 2.75) is 45.2 Å². The Morgan fingerprint density at radius 2 is 2.37 bits per heavy atom. The molecule has 19 heavy (non-hydrogen) atoms. The van der Waals surface area contributed by atoms with Crippen LogP contribution in [0.4, 0.5) is 0 Å². The Hall–Kier alpha value is -1.19. The van der Waals surface area contributed by atoms with Gasteiger partial charge >= 0.3 is 0 Å². The van der Waals surface area contributed by atoms with E-state index in [1.807, 2.05) is 6.20 Å². The Balaban J connectivity index is 1.80. The minimum atomic E-state index is 0.386. The first-order chi connectivity index (χ1) is 9.28.